The van der Waals surface area contributed by atoms with Crippen LogP contribution in [0.5, 0.6) is 5.75 Å². The molecule has 0 unspecified atom stereocenters. The highest BCUT2D eigenvalue weighted by atomic mass is 32.2. The molecule has 1 aromatic carbocycles. The Morgan fingerprint density at radius 3 is 2.53 bits per heavy atom. The van der Waals surface area contributed by atoms with Gasteiger partial charge in [-0.15, -0.1) is 0 Å². The molecule has 0 aliphatic heterocycles. The van der Waals surface area contributed by atoms with E-state index in [2.05, 4.69) is 5.14 Å². The van der Waals surface area contributed by atoms with Crippen LogP contribution in [0, 0.1) is 0 Å². The van der Waals surface area contributed by atoms with Crippen LogP contribution >= 0.6 is 0 Å². The molecule has 0 saturated heterocycles. The van der Waals surface area contributed by atoms with Gasteiger partial charge in [0.15, 0.2) is 0 Å². The van der Waals surface area contributed by atoms with E-state index in [-0.39, 0.29) is 5.75 Å². The number of nitrogens with two attached hydrogens (primary N) is 1. The van der Waals surface area contributed by atoms with Crippen LogP contribution in [-0.4, -0.2) is 22.1 Å². The summed E-state index contributed by atoms with van der Waals surface area (Å²) in [6.45, 7) is -1.12. The van der Waals surface area contributed by atoms with E-state index < -0.39 is 28.2 Å². The van der Waals surface area contributed by atoms with Crippen molar-refractivity contribution in [1.29, 1.82) is 0 Å². The topological polar surface area (TPSA) is 81.4 Å². The van der Waals surface area contributed by atoms with E-state index in [1.165, 1.54) is 25.3 Å². The molecule has 0 aromatic heterocycles. The van der Waals surface area contributed by atoms with Crippen molar-refractivity contribution >= 4 is 10.2 Å². The van der Waals surface area contributed by atoms with Crippen LogP contribution in [0.4, 0.5) is 8.78 Å². The lowest BCUT2D eigenvalue weighted by Crippen LogP contribution is -2.38. The molecule has 0 heterocycles. The first kappa shape index (κ1) is 13.8. The standard InChI is InChI=1S/C9H12F2N2O3S/c1-16-8-5-3-2-4-7(8)9(10,11)6-13-17(12,14)15/h2-5,13H,6H2,1H3,(H2,12,14,15). The van der Waals surface area contributed by atoms with Crippen molar-refractivity contribution in [1.82, 2.24) is 4.72 Å². The van der Waals surface area contributed by atoms with Crippen molar-refractivity contribution in [2.75, 3.05) is 13.7 Å². The van der Waals surface area contributed by atoms with Crippen LogP contribution < -0.4 is 14.6 Å². The van der Waals surface area contributed by atoms with Crippen LogP contribution in [0.15, 0.2) is 24.3 Å². The smallest absolute Gasteiger partial charge is 0.290 e. The molecule has 0 fully saturated rings. The fourth-order valence-electron chi connectivity index (χ4n) is 1.23. The molecule has 0 aliphatic rings. The second-order valence-electron chi connectivity index (χ2n) is 3.27. The molecule has 0 aliphatic carbocycles. The average Bonchev–Trinajstić information content (AvgIpc) is 2.26. The van der Waals surface area contributed by atoms with Crippen molar-refractivity contribution in [2.45, 2.75) is 5.92 Å². The maximum atomic E-state index is 13.7. The van der Waals surface area contributed by atoms with Gasteiger partial charge in [0.2, 0.25) is 0 Å². The van der Waals surface area contributed by atoms with Gasteiger partial charge < -0.3 is 4.74 Å². The van der Waals surface area contributed by atoms with Gasteiger partial charge in [0.1, 0.15) is 5.75 Å². The van der Waals surface area contributed by atoms with Gasteiger partial charge in [0.25, 0.3) is 16.1 Å². The minimum absolute atomic E-state index is 0.0197. The SMILES string of the molecule is COc1ccccc1C(F)(F)CNS(N)(=O)=O. The number of benzene rings is 1. The highest BCUT2D eigenvalue weighted by Gasteiger charge is 2.35. The highest BCUT2D eigenvalue weighted by molar-refractivity contribution is 7.87. The number of hydrogen-bond donors (Lipinski definition) is 2. The molecule has 0 bridgehead atoms. The van der Waals surface area contributed by atoms with Crippen molar-refractivity contribution in [3.63, 3.8) is 0 Å². The number of ether oxygens (including phenoxy) is 1. The summed E-state index contributed by atoms with van der Waals surface area (Å²) in [5, 5.41) is 4.59. The van der Waals surface area contributed by atoms with Crippen LogP contribution in [0.1, 0.15) is 5.56 Å². The molecule has 0 amide bonds. The Kier molecular flexibility index (Phi) is 4.02. The monoisotopic (exact) mass is 266 g/mol. The second-order valence-corrected chi connectivity index (χ2v) is 4.65. The van der Waals surface area contributed by atoms with Gasteiger partial charge in [0, 0.05) is 0 Å². The van der Waals surface area contributed by atoms with Gasteiger partial charge in [0.05, 0.1) is 19.2 Å². The van der Waals surface area contributed by atoms with E-state index >= 15 is 0 Å². The van der Waals surface area contributed by atoms with E-state index in [0.29, 0.717) is 0 Å². The average molecular weight is 266 g/mol. The number of hydrogen-bond acceptors (Lipinski definition) is 3. The molecule has 0 spiro atoms. The van der Waals surface area contributed by atoms with E-state index in [1.54, 1.807) is 4.72 Å². The molecule has 0 atom stereocenters. The maximum Gasteiger partial charge on any atom is 0.290 e. The van der Waals surface area contributed by atoms with Crippen LogP contribution in [0.3, 0.4) is 0 Å². The third-order valence-electron chi connectivity index (χ3n) is 2.00. The lowest BCUT2D eigenvalue weighted by atomic mass is 10.1. The molecular weight excluding hydrogens is 254 g/mol. The molecule has 17 heavy (non-hydrogen) atoms. The quantitative estimate of drug-likeness (QED) is 0.818. The molecule has 1 aromatic rings. The number of nitrogens with one attached hydrogen (secondary N) is 1. The van der Waals surface area contributed by atoms with Gasteiger partial charge in [-0.3, -0.25) is 0 Å². The number of halogens is 2. The first-order chi connectivity index (χ1) is 7.76. The summed E-state index contributed by atoms with van der Waals surface area (Å²) < 4.78 is 54.8. The third-order valence-corrected chi connectivity index (χ3v) is 2.54. The summed E-state index contributed by atoms with van der Waals surface area (Å²) in [7, 11) is -2.90. The van der Waals surface area contributed by atoms with E-state index in [4.69, 9.17) is 4.74 Å². The number of rotatable bonds is 5. The first-order valence-electron chi connectivity index (χ1n) is 4.55. The molecular formula is C9H12F2N2O3S. The second kappa shape index (κ2) is 4.94. The minimum Gasteiger partial charge on any atom is -0.496 e. The third kappa shape index (κ3) is 3.91. The van der Waals surface area contributed by atoms with Gasteiger partial charge in [-0.25, -0.2) is 5.14 Å². The van der Waals surface area contributed by atoms with Gasteiger partial charge in [-0.05, 0) is 12.1 Å². The van der Waals surface area contributed by atoms with E-state index in [0.717, 1.165) is 6.07 Å². The zero-order chi connectivity index (χ0) is 13.1. The Hall–Kier alpha value is -1.25. The summed E-state index contributed by atoms with van der Waals surface area (Å²) in [5.74, 6) is -3.42. The Labute approximate surface area is 97.8 Å². The molecule has 1 rings (SSSR count). The summed E-state index contributed by atoms with van der Waals surface area (Å²) in [5.41, 5.74) is -0.404. The van der Waals surface area contributed by atoms with Crippen molar-refractivity contribution < 1.29 is 21.9 Å². The zero-order valence-electron chi connectivity index (χ0n) is 8.98. The summed E-state index contributed by atoms with van der Waals surface area (Å²) >= 11 is 0. The number of para-hydroxylation sites is 1. The van der Waals surface area contributed by atoms with E-state index in [9.17, 15) is 17.2 Å². The molecule has 0 saturated carbocycles. The van der Waals surface area contributed by atoms with Crippen LogP contribution in [0.25, 0.3) is 0 Å². The first-order valence-corrected chi connectivity index (χ1v) is 6.09. The molecule has 96 valence electrons. The number of methoxy groups -OCH3 is 1. The Morgan fingerprint density at radius 1 is 1.41 bits per heavy atom. The Bertz CT molecular complexity index is 491. The predicted molar refractivity (Wildman–Crippen MR) is 58.0 cm³/mol. The Balaban J connectivity index is 2.96. The van der Waals surface area contributed by atoms with Crippen molar-refractivity contribution in [2.24, 2.45) is 5.14 Å². The molecule has 8 heteroatoms. The summed E-state index contributed by atoms with van der Waals surface area (Å²) in [6.07, 6.45) is 0. The van der Waals surface area contributed by atoms with E-state index in [1.807, 2.05) is 0 Å². The molecule has 0 radical (unpaired) electrons. The Morgan fingerprint density at radius 2 is 2.00 bits per heavy atom. The fraction of sp³-hybridized carbons (Fsp3) is 0.333. The number of alkyl halides is 2. The van der Waals surface area contributed by atoms with Gasteiger partial charge in [-0.2, -0.15) is 21.9 Å². The summed E-state index contributed by atoms with van der Waals surface area (Å²) in [4.78, 5) is 0. The normalized spacial score (nSPS) is 12.5. The van der Waals surface area contributed by atoms with Crippen LogP contribution in [0.2, 0.25) is 0 Å². The molecule has 5 nitrogen and oxygen atoms in total. The zero-order valence-corrected chi connectivity index (χ0v) is 9.80. The lowest BCUT2D eigenvalue weighted by Gasteiger charge is -2.19. The largest absolute Gasteiger partial charge is 0.496 e. The van der Waals surface area contributed by atoms with Crippen molar-refractivity contribution in [3.05, 3.63) is 29.8 Å². The summed E-state index contributed by atoms with van der Waals surface area (Å²) in [6, 6.07) is 5.46. The maximum absolute atomic E-state index is 13.7. The van der Waals surface area contributed by atoms with Crippen LogP contribution in [-0.2, 0) is 16.1 Å². The van der Waals surface area contributed by atoms with Gasteiger partial charge in [-0.1, -0.05) is 12.1 Å². The lowest BCUT2D eigenvalue weighted by molar-refractivity contribution is -0.000115. The van der Waals surface area contributed by atoms with Crippen molar-refractivity contribution in [3.8, 4) is 5.75 Å². The predicted octanol–water partition coefficient (Wildman–Crippen LogP) is 0.580. The minimum atomic E-state index is -4.16. The fourth-order valence-corrected chi connectivity index (χ4v) is 1.62. The highest BCUT2D eigenvalue weighted by Crippen LogP contribution is 2.34. The van der Waals surface area contributed by atoms with Gasteiger partial charge >= 0.3 is 0 Å². The molecule has 3 N–H and O–H groups in total.